The van der Waals surface area contributed by atoms with Gasteiger partial charge in [-0.15, -0.1) is 0 Å². The van der Waals surface area contributed by atoms with Crippen molar-refractivity contribution in [3.05, 3.63) is 28.2 Å². The Kier molecular flexibility index (Phi) is 8.69. The molecule has 23 heavy (non-hydrogen) atoms. The summed E-state index contributed by atoms with van der Waals surface area (Å²) < 4.78 is 10.8. The maximum Gasteiger partial charge on any atom is 0.263 e. The zero-order valence-electron chi connectivity index (χ0n) is 14.0. The standard InChI is InChI=1S/C16H24Cl2N2O3/c1-12(23-14-7-5-6-13(17)15(14)18)16(21)20(10-11-22-4)9-8-19(2)3/h5-7,12H,8-11H2,1-4H3. The summed E-state index contributed by atoms with van der Waals surface area (Å²) in [7, 11) is 5.54. The highest BCUT2D eigenvalue weighted by Gasteiger charge is 2.23. The van der Waals surface area contributed by atoms with E-state index in [1.165, 1.54) is 0 Å². The molecule has 7 heteroatoms. The lowest BCUT2D eigenvalue weighted by molar-refractivity contribution is -0.138. The first-order valence-electron chi connectivity index (χ1n) is 7.40. The minimum atomic E-state index is -0.662. The van der Waals surface area contributed by atoms with Crippen LogP contribution in [0, 0.1) is 0 Å². The number of likely N-dealkylation sites (N-methyl/N-ethyl adjacent to an activating group) is 1. The Morgan fingerprint density at radius 3 is 2.52 bits per heavy atom. The number of ether oxygens (including phenoxy) is 2. The van der Waals surface area contributed by atoms with Crippen molar-refractivity contribution in [1.29, 1.82) is 0 Å². The lowest BCUT2D eigenvalue weighted by atomic mass is 10.3. The number of halogens is 2. The van der Waals surface area contributed by atoms with E-state index in [9.17, 15) is 4.79 Å². The summed E-state index contributed by atoms with van der Waals surface area (Å²) in [6, 6.07) is 5.10. The minimum Gasteiger partial charge on any atom is -0.479 e. The number of amides is 1. The molecule has 0 aliphatic heterocycles. The molecule has 0 aliphatic rings. The number of hydrogen-bond acceptors (Lipinski definition) is 4. The summed E-state index contributed by atoms with van der Waals surface area (Å²) >= 11 is 12.1. The van der Waals surface area contributed by atoms with Crippen LogP contribution >= 0.6 is 23.2 Å². The number of benzene rings is 1. The molecule has 5 nitrogen and oxygen atoms in total. The summed E-state index contributed by atoms with van der Waals surface area (Å²) in [5, 5.41) is 0.707. The molecule has 0 saturated carbocycles. The predicted molar refractivity (Wildman–Crippen MR) is 93.6 cm³/mol. The number of nitrogens with zero attached hydrogens (tertiary/aromatic N) is 2. The van der Waals surface area contributed by atoms with Crippen LogP contribution < -0.4 is 4.74 Å². The van der Waals surface area contributed by atoms with E-state index in [2.05, 4.69) is 0 Å². The summed E-state index contributed by atoms with van der Waals surface area (Å²) in [5.74, 6) is 0.291. The van der Waals surface area contributed by atoms with Gasteiger partial charge in [0.2, 0.25) is 0 Å². The number of hydrogen-bond donors (Lipinski definition) is 0. The van der Waals surface area contributed by atoms with Crippen LogP contribution in [0.25, 0.3) is 0 Å². The molecule has 0 radical (unpaired) electrons. The van der Waals surface area contributed by atoms with Crippen LogP contribution in [-0.4, -0.2) is 69.3 Å². The molecule has 0 fully saturated rings. The molecule has 1 rings (SSSR count). The monoisotopic (exact) mass is 362 g/mol. The van der Waals surface area contributed by atoms with Crippen LogP contribution in [0.2, 0.25) is 10.0 Å². The molecule has 1 aromatic rings. The molecule has 1 atom stereocenters. The van der Waals surface area contributed by atoms with Crippen molar-refractivity contribution in [2.75, 3.05) is 47.4 Å². The zero-order chi connectivity index (χ0) is 17.4. The van der Waals surface area contributed by atoms with Crippen LogP contribution in [0.4, 0.5) is 0 Å². The van der Waals surface area contributed by atoms with Gasteiger partial charge in [-0.05, 0) is 33.2 Å². The van der Waals surface area contributed by atoms with Crippen molar-refractivity contribution in [2.45, 2.75) is 13.0 Å². The third-order valence-electron chi connectivity index (χ3n) is 3.26. The number of carbonyl (C=O) groups is 1. The van der Waals surface area contributed by atoms with E-state index >= 15 is 0 Å². The highest BCUT2D eigenvalue weighted by atomic mass is 35.5. The Balaban J connectivity index is 2.74. The Bertz CT molecular complexity index is 512. The normalized spacial score (nSPS) is 12.3. The molecule has 1 aromatic carbocycles. The van der Waals surface area contributed by atoms with Gasteiger partial charge in [0, 0.05) is 26.7 Å². The molecule has 1 amide bonds. The smallest absolute Gasteiger partial charge is 0.263 e. The van der Waals surface area contributed by atoms with E-state index in [0.717, 1.165) is 6.54 Å². The molecule has 0 bridgehead atoms. The highest BCUT2D eigenvalue weighted by Crippen LogP contribution is 2.32. The molecule has 0 N–H and O–H groups in total. The quantitative estimate of drug-likeness (QED) is 0.677. The van der Waals surface area contributed by atoms with Crippen LogP contribution in [0.15, 0.2) is 18.2 Å². The van der Waals surface area contributed by atoms with Gasteiger partial charge in [-0.2, -0.15) is 0 Å². The molecular formula is C16H24Cl2N2O3. The highest BCUT2D eigenvalue weighted by molar-refractivity contribution is 6.42. The van der Waals surface area contributed by atoms with E-state index in [1.54, 1.807) is 37.1 Å². The van der Waals surface area contributed by atoms with Crippen molar-refractivity contribution in [3.63, 3.8) is 0 Å². The van der Waals surface area contributed by atoms with E-state index < -0.39 is 6.10 Å². The Hall–Kier alpha value is -1.01. The Labute approximate surface area is 148 Å². The molecule has 0 saturated heterocycles. The van der Waals surface area contributed by atoms with Gasteiger partial charge < -0.3 is 19.3 Å². The third kappa shape index (κ3) is 6.55. The van der Waals surface area contributed by atoms with Gasteiger partial charge in [0.1, 0.15) is 10.8 Å². The van der Waals surface area contributed by atoms with E-state index in [1.807, 2.05) is 19.0 Å². The molecule has 0 aliphatic carbocycles. The summed E-state index contributed by atoms with van der Waals surface area (Å²) in [5.41, 5.74) is 0. The third-order valence-corrected chi connectivity index (χ3v) is 4.06. The zero-order valence-corrected chi connectivity index (χ0v) is 15.5. The molecule has 0 heterocycles. The Morgan fingerprint density at radius 2 is 1.91 bits per heavy atom. The molecular weight excluding hydrogens is 339 g/mol. The van der Waals surface area contributed by atoms with Crippen LogP contribution in [0.5, 0.6) is 5.75 Å². The lowest BCUT2D eigenvalue weighted by Gasteiger charge is -2.27. The maximum atomic E-state index is 12.6. The summed E-state index contributed by atoms with van der Waals surface area (Å²) in [6.07, 6.45) is -0.662. The van der Waals surface area contributed by atoms with Gasteiger partial charge in [0.25, 0.3) is 5.91 Å². The van der Waals surface area contributed by atoms with E-state index in [4.69, 9.17) is 32.7 Å². The van der Waals surface area contributed by atoms with Crippen molar-refractivity contribution >= 4 is 29.1 Å². The number of methoxy groups -OCH3 is 1. The fraction of sp³-hybridized carbons (Fsp3) is 0.562. The summed E-state index contributed by atoms with van der Waals surface area (Å²) in [6.45, 7) is 4.06. The molecule has 0 spiro atoms. The first kappa shape index (κ1) is 20.0. The first-order valence-corrected chi connectivity index (χ1v) is 8.15. The van der Waals surface area contributed by atoms with Gasteiger partial charge in [-0.3, -0.25) is 4.79 Å². The number of carbonyl (C=O) groups excluding carboxylic acids is 1. The molecule has 0 aromatic heterocycles. The van der Waals surface area contributed by atoms with Crippen molar-refractivity contribution in [3.8, 4) is 5.75 Å². The summed E-state index contributed by atoms with van der Waals surface area (Å²) in [4.78, 5) is 16.4. The van der Waals surface area contributed by atoms with E-state index in [0.29, 0.717) is 35.5 Å². The fourth-order valence-corrected chi connectivity index (χ4v) is 2.26. The van der Waals surface area contributed by atoms with Crippen LogP contribution in [0.1, 0.15) is 6.92 Å². The maximum absolute atomic E-state index is 12.6. The van der Waals surface area contributed by atoms with Gasteiger partial charge in [0.15, 0.2) is 6.10 Å². The SMILES string of the molecule is COCCN(CCN(C)C)C(=O)C(C)Oc1cccc(Cl)c1Cl. The van der Waals surface area contributed by atoms with Gasteiger partial charge in [-0.25, -0.2) is 0 Å². The molecule has 130 valence electrons. The lowest BCUT2D eigenvalue weighted by Crippen LogP contribution is -2.44. The Morgan fingerprint density at radius 1 is 1.22 bits per heavy atom. The fourth-order valence-electron chi connectivity index (χ4n) is 1.93. The van der Waals surface area contributed by atoms with Crippen molar-refractivity contribution in [2.24, 2.45) is 0 Å². The van der Waals surface area contributed by atoms with Crippen LogP contribution in [0.3, 0.4) is 0 Å². The average molecular weight is 363 g/mol. The van der Waals surface area contributed by atoms with Crippen molar-refractivity contribution in [1.82, 2.24) is 9.80 Å². The topological polar surface area (TPSA) is 42.0 Å². The van der Waals surface area contributed by atoms with Gasteiger partial charge in [-0.1, -0.05) is 29.3 Å². The second-order valence-electron chi connectivity index (χ2n) is 5.43. The van der Waals surface area contributed by atoms with Gasteiger partial charge in [0.05, 0.1) is 11.6 Å². The second kappa shape index (κ2) is 9.98. The minimum absolute atomic E-state index is 0.111. The van der Waals surface area contributed by atoms with Crippen molar-refractivity contribution < 1.29 is 14.3 Å². The number of rotatable bonds is 9. The average Bonchev–Trinajstić information content (AvgIpc) is 2.51. The second-order valence-corrected chi connectivity index (χ2v) is 6.22. The largest absolute Gasteiger partial charge is 0.479 e. The first-order chi connectivity index (χ1) is 10.9. The van der Waals surface area contributed by atoms with Gasteiger partial charge >= 0.3 is 0 Å². The van der Waals surface area contributed by atoms with Crippen LogP contribution in [-0.2, 0) is 9.53 Å². The van der Waals surface area contributed by atoms with E-state index in [-0.39, 0.29) is 5.91 Å². The molecule has 1 unspecified atom stereocenters. The predicted octanol–water partition coefficient (Wildman–Crippen LogP) is 2.80.